The monoisotopic (exact) mass is 323 g/mol. The normalized spacial score (nSPS) is 11.9. The van der Waals surface area contributed by atoms with Gasteiger partial charge in [0.25, 0.3) is 0 Å². The van der Waals surface area contributed by atoms with Crippen molar-refractivity contribution in [1.29, 1.82) is 5.26 Å². The molecule has 0 amide bonds. The van der Waals surface area contributed by atoms with E-state index in [1.807, 2.05) is 30.3 Å². The lowest BCUT2D eigenvalue weighted by atomic mass is 9.93. The third-order valence-corrected chi connectivity index (χ3v) is 4.09. The van der Waals surface area contributed by atoms with Crippen molar-refractivity contribution in [3.05, 3.63) is 68.7 Å². The molecule has 0 unspecified atom stereocenters. The minimum absolute atomic E-state index is 0.268. The van der Waals surface area contributed by atoms with Crippen LogP contribution < -0.4 is 0 Å². The standard InChI is InChI=1S/C16H12Cl3N/c17-13-7-8-14(16(19)9-13)12(10-20)6-5-11-3-1-2-4-15(11)18/h1-4,7-9,12H,5-6H2/t12-/m0/s1. The Bertz CT molecular complexity index is 646. The van der Waals surface area contributed by atoms with Gasteiger partial charge in [-0.15, -0.1) is 0 Å². The predicted molar refractivity (Wildman–Crippen MR) is 84.6 cm³/mol. The molecule has 0 fully saturated rings. The molecule has 0 heterocycles. The highest BCUT2D eigenvalue weighted by Gasteiger charge is 2.15. The van der Waals surface area contributed by atoms with Gasteiger partial charge in [0.05, 0.1) is 12.0 Å². The minimum Gasteiger partial charge on any atom is -0.198 e. The number of rotatable bonds is 4. The summed E-state index contributed by atoms with van der Waals surface area (Å²) in [5, 5.41) is 11.2. The average Bonchev–Trinajstić information content (AvgIpc) is 2.43. The van der Waals surface area contributed by atoms with Crippen LogP contribution in [0.3, 0.4) is 0 Å². The van der Waals surface area contributed by atoms with Crippen LogP contribution in [0.5, 0.6) is 0 Å². The number of benzene rings is 2. The van der Waals surface area contributed by atoms with E-state index >= 15 is 0 Å². The fourth-order valence-corrected chi connectivity index (χ4v) is 2.85. The lowest BCUT2D eigenvalue weighted by molar-refractivity contribution is 0.746. The Hall–Kier alpha value is -1.20. The molecule has 0 aliphatic heterocycles. The first kappa shape index (κ1) is 15.2. The van der Waals surface area contributed by atoms with Crippen LogP contribution in [0.15, 0.2) is 42.5 Å². The molecule has 1 atom stereocenters. The van der Waals surface area contributed by atoms with Crippen LogP contribution in [0.2, 0.25) is 15.1 Å². The van der Waals surface area contributed by atoms with Crippen molar-refractivity contribution in [2.75, 3.05) is 0 Å². The van der Waals surface area contributed by atoms with Crippen LogP contribution in [0.4, 0.5) is 0 Å². The predicted octanol–water partition coefficient (Wildman–Crippen LogP) is 5.89. The molecule has 0 bridgehead atoms. The smallest absolute Gasteiger partial charge is 0.0730 e. The zero-order chi connectivity index (χ0) is 14.5. The van der Waals surface area contributed by atoms with Gasteiger partial charge in [0.2, 0.25) is 0 Å². The lowest BCUT2D eigenvalue weighted by Gasteiger charge is -2.12. The maximum Gasteiger partial charge on any atom is 0.0730 e. The van der Waals surface area contributed by atoms with E-state index in [2.05, 4.69) is 6.07 Å². The van der Waals surface area contributed by atoms with Gasteiger partial charge in [0, 0.05) is 15.1 Å². The molecular formula is C16H12Cl3N. The van der Waals surface area contributed by atoms with Crippen LogP contribution in [0, 0.1) is 11.3 Å². The molecule has 2 aromatic carbocycles. The van der Waals surface area contributed by atoms with Crippen LogP contribution >= 0.6 is 34.8 Å². The second-order valence-electron chi connectivity index (χ2n) is 4.48. The Morgan fingerprint density at radius 3 is 2.40 bits per heavy atom. The van der Waals surface area contributed by atoms with E-state index in [-0.39, 0.29) is 5.92 Å². The summed E-state index contributed by atoms with van der Waals surface area (Å²) in [7, 11) is 0. The molecule has 0 aliphatic rings. The van der Waals surface area contributed by atoms with Crippen LogP contribution in [0.1, 0.15) is 23.5 Å². The van der Waals surface area contributed by atoms with Crippen LogP contribution in [0.25, 0.3) is 0 Å². The van der Waals surface area contributed by atoms with E-state index < -0.39 is 0 Å². The minimum atomic E-state index is -0.268. The Kier molecular flexibility index (Phi) is 5.31. The van der Waals surface area contributed by atoms with Gasteiger partial charge < -0.3 is 0 Å². The third kappa shape index (κ3) is 3.67. The van der Waals surface area contributed by atoms with Gasteiger partial charge in [-0.2, -0.15) is 5.26 Å². The number of aryl methyl sites for hydroxylation is 1. The molecule has 0 spiro atoms. The molecule has 1 nitrogen and oxygen atoms in total. The molecular weight excluding hydrogens is 313 g/mol. The van der Waals surface area contributed by atoms with E-state index in [4.69, 9.17) is 34.8 Å². The summed E-state index contributed by atoms with van der Waals surface area (Å²) in [5.41, 5.74) is 1.85. The zero-order valence-electron chi connectivity index (χ0n) is 10.6. The zero-order valence-corrected chi connectivity index (χ0v) is 12.9. The summed E-state index contributed by atoms with van der Waals surface area (Å²) in [6, 6.07) is 15.2. The summed E-state index contributed by atoms with van der Waals surface area (Å²) in [6.07, 6.45) is 1.40. The first-order chi connectivity index (χ1) is 9.61. The first-order valence-corrected chi connectivity index (χ1v) is 7.33. The topological polar surface area (TPSA) is 23.8 Å². The van der Waals surface area contributed by atoms with Gasteiger partial charge in [-0.3, -0.25) is 0 Å². The molecule has 0 saturated heterocycles. The summed E-state index contributed by atoms with van der Waals surface area (Å²) in [5.74, 6) is -0.268. The second kappa shape index (κ2) is 6.99. The third-order valence-electron chi connectivity index (χ3n) is 3.15. The fraction of sp³-hybridized carbons (Fsp3) is 0.188. The van der Waals surface area contributed by atoms with Crippen molar-refractivity contribution >= 4 is 34.8 Å². The van der Waals surface area contributed by atoms with Gasteiger partial charge in [-0.25, -0.2) is 0 Å². The molecule has 20 heavy (non-hydrogen) atoms. The van der Waals surface area contributed by atoms with Gasteiger partial charge in [0.1, 0.15) is 0 Å². The van der Waals surface area contributed by atoms with E-state index in [9.17, 15) is 5.26 Å². The maximum absolute atomic E-state index is 9.35. The number of nitrogens with zero attached hydrogens (tertiary/aromatic N) is 1. The molecule has 0 N–H and O–H groups in total. The van der Waals surface area contributed by atoms with Crippen LogP contribution in [-0.4, -0.2) is 0 Å². The summed E-state index contributed by atoms with van der Waals surface area (Å²) >= 11 is 18.2. The van der Waals surface area contributed by atoms with Crippen LogP contribution in [-0.2, 0) is 6.42 Å². The maximum atomic E-state index is 9.35. The van der Waals surface area contributed by atoms with Crippen molar-refractivity contribution < 1.29 is 0 Å². The van der Waals surface area contributed by atoms with E-state index in [0.717, 1.165) is 22.6 Å². The van der Waals surface area contributed by atoms with Gasteiger partial charge in [-0.1, -0.05) is 59.1 Å². The van der Waals surface area contributed by atoms with Crippen molar-refractivity contribution in [3.63, 3.8) is 0 Å². The average molecular weight is 325 g/mol. The Balaban J connectivity index is 2.14. The van der Waals surface area contributed by atoms with Gasteiger partial charge >= 0.3 is 0 Å². The SMILES string of the molecule is N#C[C@H](CCc1ccccc1Cl)c1ccc(Cl)cc1Cl. The lowest BCUT2D eigenvalue weighted by Crippen LogP contribution is -2.00. The number of hydrogen-bond donors (Lipinski definition) is 0. The molecule has 2 aromatic rings. The van der Waals surface area contributed by atoms with Gasteiger partial charge in [-0.05, 0) is 42.2 Å². The van der Waals surface area contributed by atoms with E-state index in [0.29, 0.717) is 16.5 Å². The summed E-state index contributed by atoms with van der Waals surface area (Å²) in [6.45, 7) is 0. The Morgan fingerprint density at radius 1 is 1.00 bits per heavy atom. The molecule has 102 valence electrons. The fourth-order valence-electron chi connectivity index (χ4n) is 2.07. The molecule has 0 saturated carbocycles. The Labute approximate surface area is 133 Å². The largest absolute Gasteiger partial charge is 0.198 e. The number of hydrogen-bond acceptors (Lipinski definition) is 1. The molecule has 0 radical (unpaired) electrons. The van der Waals surface area contributed by atoms with E-state index in [1.165, 1.54) is 0 Å². The number of nitriles is 1. The molecule has 0 aliphatic carbocycles. The quantitative estimate of drug-likeness (QED) is 0.688. The molecule has 2 rings (SSSR count). The number of halogens is 3. The Morgan fingerprint density at radius 2 is 1.75 bits per heavy atom. The van der Waals surface area contributed by atoms with Crippen molar-refractivity contribution in [1.82, 2.24) is 0 Å². The molecule has 0 aromatic heterocycles. The summed E-state index contributed by atoms with van der Waals surface area (Å²) in [4.78, 5) is 0. The van der Waals surface area contributed by atoms with E-state index in [1.54, 1.807) is 12.1 Å². The highest BCUT2D eigenvalue weighted by Crippen LogP contribution is 2.30. The van der Waals surface area contributed by atoms with Gasteiger partial charge in [0.15, 0.2) is 0 Å². The first-order valence-electron chi connectivity index (χ1n) is 6.20. The highest BCUT2D eigenvalue weighted by molar-refractivity contribution is 6.35. The molecule has 4 heteroatoms. The second-order valence-corrected chi connectivity index (χ2v) is 5.73. The van der Waals surface area contributed by atoms with Crippen molar-refractivity contribution in [2.24, 2.45) is 0 Å². The summed E-state index contributed by atoms with van der Waals surface area (Å²) < 4.78 is 0. The highest BCUT2D eigenvalue weighted by atomic mass is 35.5. The van der Waals surface area contributed by atoms with Crippen molar-refractivity contribution in [3.8, 4) is 6.07 Å². The van der Waals surface area contributed by atoms with Crippen molar-refractivity contribution in [2.45, 2.75) is 18.8 Å².